The Hall–Kier alpha value is -1.46. The van der Waals surface area contributed by atoms with Crippen LogP contribution in [-0.2, 0) is 6.54 Å². The molecule has 1 aliphatic heterocycles. The molecular formula is C15H25N5. The Balaban J connectivity index is 0.000000704. The first kappa shape index (κ1) is 14.9. The van der Waals surface area contributed by atoms with Crippen LogP contribution in [0, 0.1) is 13.8 Å². The van der Waals surface area contributed by atoms with Crippen molar-refractivity contribution in [3.63, 3.8) is 0 Å². The average Bonchev–Trinajstić information content (AvgIpc) is 2.84. The highest BCUT2D eigenvalue weighted by molar-refractivity contribution is 5.43. The molecule has 5 heteroatoms. The van der Waals surface area contributed by atoms with Crippen molar-refractivity contribution in [3.05, 3.63) is 29.2 Å². The van der Waals surface area contributed by atoms with Gasteiger partial charge in [0.25, 0.3) is 0 Å². The number of rotatable bonds is 2. The first-order valence-corrected chi connectivity index (χ1v) is 7.48. The van der Waals surface area contributed by atoms with Gasteiger partial charge in [-0.3, -0.25) is 9.30 Å². The fourth-order valence-electron chi connectivity index (χ4n) is 2.67. The number of aryl methyl sites for hydroxylation is 2. The fraction of sp³-hybridized carbons (Fsp3) is 0.600. The van der Waals surface area contributed by atoms with Gasteiger partial charge in [-0.1, -0.05) is 13.8 Å². The van der Waals surface area contributed by atoms with Crippen molar-refractivity contribution in [2.24, 2.45) is 0 Å². The van der Waals surface area contributed by atoms with Gasteiger partial charge in [-0.05, 0) is 31.5 Å². The Morgan fingerprint density at radius 1 is 1.10 bits per heavy atom. The van der Waals surface area contributed by atoms with Gasteiger partial charge in [0.1, 0.15) is 5.82 Å². The molecule has 0 atom stereocenters. The van der Waals surface area contributed by atoms with E-state index in [1.165, 1.54) is 11.3 Å². The third-order valence-corrected chi connectivity index (χ3v) is 3.53. The predicted octanol–water partition coefficient (Wildman–Crippen LogP) is 1.78. The maximum absolute atomic E-state index is 4.21. The van der Waals surface area contributed by atoms with Gasteiger partial charge in [-0.15, -0.1) is 10.2 Å². The molecule has 20 heavy (non-hydrogen) atoms. The minimum Gasteiger partial charge on any atom is -0.314 e. The van der Waals surface area contributed by atoms with Crippen LogP contribution in [0.25, 0.3) is 5.65 Å². The molecule has 1 saturated heterocycles. The van der Waals surface area contributed by atoms with Crippen molar-refractivity contribution in [3.8, 4) is 0 Å². The zero-order chi connectivity index (χ0) is 14.5. The van der Waals surface area contributed by atoms with Gasteiger partial charge in [-0.25, -0.2) is 0 Å². The highest BCUT2D eigenvalue weighted by atomic mass is 15.2. The summed E-state index contributed by atoms with van der Waals surface area (Å²) in [5.41, 5.74) is 3.49. The number of hydrogen-bond donors (Lipinski definition) is 1. The molecule has 5 nitrogen and oxygen atoms in total. The second-order valence-electron chi connectivity index (χ2n) is 4.97. The lowest BCUT2D eigenvalue weighted by molar-refractivity contribution is 0.233. The van der Waals surface area contributed by atoms with Crippen LogP contribution < -0.4 is 5.32 Å². The van der Waals surface area contributed by atoms with Crippen LogP contribution in [0.1, 0.15) is 30.9 Å². The molecule has 0 amide bonds. The lowest BCUT2D eigenvalue weighted by Gasteiger charge is -2.27. The highest BCUT2D eigenvalue weighted by Gasteiger charge is 2.12. The molecule has 1 fully saturated rings. The summed E-state index contributed by atoms with van der Waals surface area (Å²) in [5, 5.41) is 11.7. The molecule has 1 aliphatic rings. The maximum atomic E-state index is 4.21. The van der Waals surface area contributed by atoms with Crippen molar-refractivity contribution >= 4 is 5.65 Å². The minimum atomic E-state index is 0.955. The van der Waals surface area contributed by atoms with Gasteiger partial charge in [0.2, 0.25) is 0 Å². The van der Waals surface area contributed by atoms with E-state index in [-0.39, 0.29) is 0 Å². The largest absolute Gasteiger partial charge is 0.314 e. The minimum absolute atomic E-state index is 0.955. The van der Waals surface area contributed by atoms with Crippen LogP contribution in [0.3, 0.4) is 0 Å². The number of piperazine rings is 1. The van der Waals surface area contributed by atoms with Gasteiger partial charge < -0.3 is 5.32 Å². The van der Waals surface area contributed by atoms with Gasteiger partial charge in [0, 0.05) is 38.4 Å². The second-order valence-corrected chi connectivity index (χ2v) is 4.97. The number of aromatic nitrogens is 3. The molecule has 0 aliphatic carbocycles. The molecule has 110 valence electrons. The van der Waals surface area contributed by atoms with E-state index in [2.05, 4.69) is 43.9 Å². The molecule has 2 aromatic rings. The Bertz CT molecular complexity index is 555. The zero-order valence-corrected chi connectivity index (χ0v) is 13.0. The number of fused-ring (bicyclic) bond motifs is 1. The van der Waals surface area contributed by atoms with Gasteiger partial charge in [-0.2, -0.15) is 0 Å². The third-order valence-electron chi connectivity index (χ3n) is 3.53. The number of pyridine rings is 1. The van der Waals surface area contributed by atoms with E-state index in [9.17, 15) is 0 Å². The lowest BCUT2D eigenvalue weighted by Crippen LogP contribution is -2.42. The van der Waals surface area contributed by atoms with E-state index in [0.29, 0.717) is 0 Å². The normalized spacial score (nSPS) is 16.0. The zero-order valence-electron chi connectivity index (χ0n) is 13.0. The van der Waals surface area contributed by atoms with Crippen LogP contribution in [0.2, 0.25) is 0 Å². The van der Waals surface area contributed by atoms with E-state index >= 15 is 0 Å². The predicted molar refractivity (Wildman–Crippen MR) is 82.0 cm³/mol. The third kappa shape index (κ3) is 3.16. The molecule has 0 aromatic carbocycles. The molecule has 2 aromatic heterocycles. The summed E-state index contributed by atoms with van der Waals surface area (Å²) in [6.45, 7) is 13.5. The molecule has 0 radical (unpaired) electrons. The van der Waals surface area contributed by atoms with Crippen LogP contribution in [0.4, 0.5) is 0 Å². The molecule has 3 heterocycles. The Morgan fingerprint density at radius 3 is 2.50 bits per heavy atom. The Morgan fingerprint density at radius 2 is 1.80 bits per heavy atom. The molecule has 0 saturated carbocycles. The number of hydrogen-bond acceptors (Lipinski definition) is 4. The summed E-state index contributed by atoms with van der Waals surface area (Å²) < 4.78 is 2.10. The molecule has 1 N–H and O–H groups in total. The van der Waals surface area contributed by atoms with Crippen molar-refractivity contribution < 1.29 is 0 Å². The molecule has 0 spiro atoms. The van der Waals surface area contributed by atoms with Crippen LogP contribution in [-0.4, -0.2) is 45.7 Å². The van der Waals surface area contributed by atoms with Gasteiger partial charge in [0.15, 0.2) is 5.65 Å². The summed E-state index contributed by atoms with van der Waals surface area (Å²) >= 11 is 0. The average molecular weight is 275 g/mol. The van der Waals surface area contributed by atoms with E-state index in [1.54, 1.807) is 0 Å². The quantitative estimate of drug-likeness (QED) is 0.907. The summed E-state index contributed by atoms with van der Waals surface area (Å²) in [6, 6.07) is 4.39. The first-order chi connectivity index (χ1) is 9.74. The molecule has 0 unspecified atom stereocenters. The van der Waals surface area contributed by atoms with Crippen molar-refractivity contribution in [2.75, 3.05) is 26.2 Å². The van der Waals surface area contributed by atoms with Crippen molar-refractivity contribution in [1.29, 1.82) is 0 Å². The SMILES string of the molecule is CC.Cc1cc(CN2CCNCC2)cc2nnc(C)n12. The topological polar surface area (TPSA) is 45.5 Å². The molecule has 3 rings (SSSR count). The first-order valence-electron chi connectivity index (χ1n) is 7.48. The van der Waals surface area contributed by atoms with Crippen LogP contribution >= 0.6 is 0 Å². The summed E-state index contributed by atoms with van der Waals surface area (Å²) in [7, 11) is 0. The van der Waals surface area contributed by atoms with Crippen LogP contribution in [0.15, 0.2) is 12.1 Å². The number of nitrogens with zero attached hydrogens (tertiary/aromatic N) is 4. The fourth-order valence-corrected chi connectivity index (χ4v) is 2.67. The summed E-state index contributed by atoms with van der Waals surface area (Å²) in [6.07, 6.45) is 0. The molecule has 0 bridgehead atoms. The lowest BCUT2D eigenvalue weighted by atomic mass is 10.2. The summed E-state index contributed by atoms with van der Waals surface area (Å²) in [4.78, 5) is 2.48. The van der Waals surface area contributed by atoms with Gasteiger partial charge >= 0.3 is 0 Å². The highest BCUT2D eigenvalue weighted by Crippen LogP contribution is 2.13. The van der Waals surface area contributed by atoms with E-state index in [0.717, 1.165) is 44.2 Å². The van der Waals surface area contributed by atoms with E-state index < -0.39 is 0 Å². The Labute approximate surface area is 121 Å². The maximum Gasteiger partial charge on any atom is 0.161 e. The number of nitrogens with one attached hydrogen (secondary N) is 1. The van der Waals surface area contributed by atoms with Gasteiger partial charge in [0.05, 0.1) is 0 Å². The standard InChI is InChI=1S/C13H19N5.C2H6/c1-10-7-12(9-17-5-3-14-4-6-17)8-13-16-15-11(2)18(10)13;1-2/h7-8,14H,3-6,9H2,1-2H3;1-2H3. The van der Waals surface area contributed by atoms with E-state index in [1.807, 2.05) is 20.8 Å². The monoisotopic (exact) mass is 275 g/mol. The molecular weight excluding hydrogens is 250 g/mol. The van der Waals surface area contributed by atoms with Crippen molar-refractivity contribution in [1.82, 2.24) is 24.8 Å². The summed E-state index contributed by atoms with van der Waals surface area (Å²) in [5.74, 6) is 0.955. The Kier molecular flexibility index (Phi) is 5.09. The van der Waals surface area contributed by atoms with Crippen molar-refractivity contribution in [2.45, 2.75) is 34.2 Å². The smallest absolute Gasteiger partial charge is 0.161 e. The second kappa shape index (κ2) is 6.81. The van der Waals surface area contributed by atoms with Crippen LogP contribution in [0.5, 0.6) is 0 Å². The van der Waals surface area contributed by atoms with E-state index in [4.69, 9.17) is 0 Å².